The number of amides is 2. The van der Waals surface area contributed by atoms with Gasteiger partial charge in [0.05, 0.1) is 11.1 Å². The van der Waals surface area contributed by atoms with Crippen molar-refractivity contribution in [3.05, 3.63) is 59.7 Å². The fraction of sp³-hybridized carbons (Fsp3) is 0. The maximum atomic E-state index is 11.1. The van der Waals surface area contributed by atoms with Crippen molar-refractivity contribution in [2.24, 2.45) is 0 Å². The van der Waals surface area contributed by atoms with E-state index in [0.717, 1.165) is 0 Å². The van der Waals surface area contributed by atoms with Gasteiger partial charge in [-0.15, -0.1) is 0 Å². The molecule has 0 radical (unpaired) electrons. The molecule has 4 rings (SSSR count). The molecule has 0 fully saturated rings. The van der Waals surface area contributed by atoms with Crippen LogP contribution in [-0.4, -0.2) is 34.1 Å². The van der Waals surface area contributed by atoms with Crippen molar-refractivity contribution in [3.8, 4) is 0 Å². The number of carbonyl (C=O) groups is 2. The van der Waals surface area contributed by atoms with E-state index < -0.39 is 31.9 Å². The maximum Gasteiger partial charge on any atom is 1.00 e. The van der Waals surface area contributed by atoms with E-state index in [1.807, 2.05) is 9.44 Å². The molecule has 2 amide bonds. The first-order valence-electron chi connectivity index (χ1n) is 6.55. The number of benzene rings is 2. The van der Waals surface area contributed by atoms with E-state index in [2.05, 4.69) is 0 Å². The van der Waals surface area contributed by atoms with Gasteiger partial charge in [0.25, 0.3) is 31.9 Å². The zero-order valence-electron chi connectivity index (χ0n) is 18.4. The molecule has 0 atom stereocenters. The Labute approximate surface area is 232 Å². The van der Waals surface area contributed by atoms with E-state index in [1.165, 1.54) is 24.3 Å². The zero-order valence-corrected chi connectivity index (χ0v) is 23.0. The van der Waals surface area contributed by atoms with Gasteiger partial charge < -0.3 is 9.76 Å². The number of hydrogen-bond acceptors (Lipinski definition) is 6. The summed E-state index contributed by atoms with van der Waals surface area (Å²) in [6.07, 6.45) is 0. The van der Waals surface area contributed by atoms with E-state index in [4.69, 9.17) is 0 Å². The van der Waals surface area contributed by atoms with Crippen LogP contribution >= 0.6 is 0 Å². The maximum absolute atomic E-state index is 11.1. The molecule has 0 saturated carbocycles. The van der Waals surface area contributed by atoms with Crippen molar-refractivity contribution in [1.82, 2.24) is 9.44 Å². The molecule has 0 unspecified atom stereocenters. The molecule has 0 aliphatic carbocycles. The largest absolute Gasteiger partial charge is 1.00 e. The number of nitrogens with one attached hydrogen (secondary N) is 2. The molecule has 138 valence electrons. The molecule has 28 heavy (non-hydrogen) atoms. The fourth-order valence-corrected chi connectivity index (χ4v) is 4.59. The van der Waals surface area contributed by atoms with E-state index in [1.54, 1.807) is 24.3 Å². The molecule has 0 bridgehead atoms. The second-order valence-electron chi connectivity index (χ2n) is 4.86. The summed E-state index contributed by atoms with van der Waals surface area (Å²) in [6.45, 7) is 0. The van der Waals surface area contributed by atoms with Crippen molar-refractivity contribution < 1.29 is 125 Å². The summed E-state index contributed by atoms with van der Waals surface area (Å²) in [5.74, 6) is -1.10. The van der Waals surface area contributed by atoms with Crippen molar-refractivity contribution >= 4 is 31.9 Å². The quantitative estimate of drug-likeness (QED) is 0.375. The summed E-state index contributed by atoms with van der Waals surface area (Å²) in [7, 11) is -7.11. The molecule has 14 heteroatoms. The minimum atomic E-state index is -3.55. The molecule has 0 saturated heterocycles. The second kappa shape index (κ2) is 11.6. The normalized spacial score (nSPS) is 15.9. The monoisotopic (exact) mass is 456 g/mol. The summed E-state index contributed by atoms with van der Waals surface area (Å²) in [5, 5.41) is 0. The third kappa shape index (κ3) is 6.13. The van der Waals surface area contributed by atoms with E-state index in [-0.39, 0.29) is 119 Å². The molecule has 2 aromatic carbocycles. The Balaban J connectivity index is -0.000000119. The van der Waals surface area contributed by atoms with Crippen LogP contribution in [0.25, 0.3) is 0 Å². The molecule has 4 N–H and O–H groups in total. The van der Waals surface area contributed by atoms with Gasteiger partial charge in [-0.05, 0) is 24.3 Å². The number of carbonyl (C=O) groups excluding carboxylic acids is 2. The molecular formula is C14H15N2Na3O7S2. The molecular weight excluding hydrogens is 441 g/mol. The third-order valence-corrected chi connectivity index (χ3v) is 6.07. The predicted molar refractivity (Wildman–Crippen MR) is 89.1 cm³/mol. The summed E-state index contributed by atoms with van der Waals surface area (Å²) in [4.78, 5) is 22.1. The van der Waals surface area contributed by atoms with Gasteiger partial charge in [-0.1, -0.05) is 24.3 Å². The summed E-state index contributed by atoms with van der Waals surface area (Å²) in [6, 6.07) is 12.2. The van der Waals surface area contributed by atoms with Crippen LogP contribution in [0.15, 0.2) is 58.3 Å². The Morgan fingerprint density at radius 2 is 0.893 bits per heavy atom. The Morgan fingerprint density at radius 3 is 1.18 bits per heavy atom. The first-order valence-corrected chi connectivity index (χ1v) is 9.51. The summed E-state index contributed by atoms with van der Waals surface area (Å²) < 4.78 is 48.3. The number of fused-ring (bicyclic) bond motifs is 2. The molecule has 0 aromatic heterocycles. The predicted octanol–water partition coefficient (Wildman–Crippen LogP) is -9.24. The van der Waals surface area contributed by atoms with Crippen molar-refractivity contribution in [2.75, 3.05) is 0 Å². The molecule has 9 nitrogen and oxygen atoms in total. The van der Waals surface area contributed by atoms with Crippen molar-refractivity contribution in [2.45, 2.75) is 9.79 Å². The van der Waals surface area contributed by atoms with Crippen LogP contribution in [0.4, 0.5) is 0 Å². The molecule has 2 aliphatic rings. The first-order chi connectivity index (χ1) is 11.2. The summed E-state index contributed by atoms with van der Waals surface area (Å²) in [5.41, 5.74) is 0.440. The Kier molecular flexibility index (Phi) is 12.6. The van der Waals surface area contributed by atoms with Crippen LogP contribution in [0.3, 0.4) is 0 Å². The van der Waals surface area contributed by atoms with Crippen LogP contribution in [0.5, 0.6) is 0 Å². The molecule has 2 aliphatic heterocycles. The average Bonchev–Trinajstić information content (AvgIpc) is 2.91. The fourth-order valence-electron chi connectivity index (χ4n) is 2.24. The standard InChI is InChI=1S/2C7H5NO3S.3Na.H2O.3H/c2*9-7-5-3-1-2-4-6(5)12(10,11)8-7;;;;;;;/h2*1-4H,(H,8,9);;;;1H2;;;/q;;3*+1;;3*-1. The van der Waals surface area contributed by atoms with Crippen molar-refractivity contribution in [1.29, 1.82) is 0 Å². The van der Waals surface area contributed by atoms with Crippen LogP contribution in [-0.2, 0) is 20.0 Å². The minimum Gasteiger partial charge on any atom is -1.00 e. The van der Waals surface area contributed by atoms with Gasteiger partial charge in [-0.2, -0.15) is 0 Å². The Bertz CT molecular complexity index is 1020. The van der Waals surface area contributed by atoms with Crippen LogP contribution in [0, 0.1) is 0 Å². The van der Waals surface area contributed by atoms with E-state index >= 15 is 0 Å². The van der Waals surface area contributed by atoms with Gasteiger partial charge in [-0.25, -0.2) is 26.3 Å². The number of sulfonamides is 2. The molecule has 2 aromatic rings. The van der Waals surface area contributed by atoms with Gasteiger partial charge in [0, 0.05) is 0 Å². The van der Waals surface area contributed by atoms with Gasteiger partial charge in [0.15, 0.2) is 0 Å². The second-order valence-corrected chi connectivity index (χ2v) is 8.16. The van der Waals surface area contributed by atoms with Gasteiger partial charge >= 0.3 is 88.7 Å². The third-order valence-electron chi connectivity index (χ3n) is 3.30. The van der Waals surface area contributed by atoms with Gasteiger partial charge in [0.2, 0.25) is 0 Å². The Hall–Kier alpha value is 0.240. The zero-order chi connectivity index (χ0) is 17.5. The van der Waals surface area contributed by atoms with Crippen LogP contribution in [0.1, 0.15) is 25.0 Å². The SMILES string of the molecule is O.O=C1NS(=O)(=O)c2ccccc21.O=C1NS(=O)(=O)c2ccccc21.[H-].[H-].[H-].[Na+].[Na+].[Na+]. The van der Waals surface area contributed by atoms with E-state index in [0.29, 0.717) is 0 Å². The number of rotatable bonds is 0. The van der Waals surface area contributed by atoms with Gasteiger partial charge in [-0.3, -0.25) is 9.59 Å². The number of hydrogen-bond donors (Lipinski definition) is 2. The molecule has 2 heterocycles. The average molecular weight is 456 g/mol. The summed E-state index contributed by atoms with van der Waals surface area (Å²) >= 11 is 0. The van der Waals surface area contributed by atoms with Crippen LogP contribution < -0.4 is 98.1 Å². The smallest absolute Gasteiger partial charge is 1.00 e. The topological polar surface area (TPSA) is 158 Å². The first kappa shape index (κ1) is 30.4. The minimum absolute atomic E-state index is 0. The van der Waals surface area contributed by atoms with Crippen molar-refractivity contribution in [3.63, 3.8) is 0 Å². The Morgan fingerprint density at radius 1 is 0.607 bits per heavy atom. The van der Waals surface area contributed by atoms with E-state index in [9.17, 15) is 26.4 Å². The van der Waals surface area contributed by atoms with Crippen LogP contribution in [0.2, 0.25) is 0 Å². The molecule has 0 spiro atoms. The van der Waals surface area contributed by atoms with Gasteiger partial charge in [0.1, 0.15) is 9.79 Å².